The van der Waals surface area contributed by atoms with Gasteiger partial charge in [0.25, 0.3) is 0 Å². The van der Waals surface area contributed by atoms with Crippen LogP contribution in [0.25, 0.3) is 98.8 Å². The Labute approximate surface area is 288 Å². The van der Waals surface area contributed by atoms with Crippen molar-refractivity contribution in [3.8, 4) is 27.9 Å². The highest BCUT2D eigenvalue weighted by Crippen LogP contribution is 2.50. The maximum absolute atomic E-state index is 6.26. The topological polar surface area (TPSA) is 18.1 Å². The van der Waals surface area contributed by atoms with Crippen molar-refractivity contribution in [1.29, 1.82) is 0 Å². The second kappa shape index (κ2) is 9.62. The van der Waals surface area contributed by atoms with Gasteiger partial charge in [0.2, 0.25) is 0 Å². The fourth-order valence-electron chi connectivity index (χ4n) is 9.12. The first-order valence-electron chi connectivity index (χ1n) is 17.6. The number of aromatic nitrogens is 1. The average Bonchev–Trinajstić information content (AvgIpc) is 3.81. The van der Waals surface area contributed by atoms with E-state index in [0.717, 1.165) is 34.8 Å². The van der Waals surface area contributed by atoms with Crippen molar-refractivity contribution in [2.24, 2.45) is 0 Å². The molecule has 232 valence electrons. The van der Waals surface area contributed by atoms with Crippen molar-refractivity contribution >= 4 is 70.9 Å². The molecule has 0 saturated heterocycles. The second-order valence-electron chi connectivity index (χ2n) is 14.0. The first kappa shape index (κ1) is 26.6. The molecule has 2 heterocycles. The lowest BCUT2D eigenvalue weighted by atomic mass is 9.84. The van der Waals surface area contributed by atoms with Gasteiger partial charge < -0.3 is 8.98 Å². The third-order valence-electron chi connectivity index (χ3n) is 11.4. The van der Waals surface area contributed by atoms with E-state index in [0.29, 0.717) is 0 Å². The zero-order valence-corrected chi connectivity index (χ0v) is 27.2. The van der Waals surface area contributed by atoms with Gasteiger partial charge >= 0.3 is 0 Å². The third-order valence-corrected chi connectivity index (χ3v) is 11.4. The van der Waals surface area contributed by atoms with Crippen LogP contribution in [0.2, 0.25) is 0 Å². The summed E-state index contributed by atoms with van der Waals surface area (Å²) in [6, 6.07) is 53.9. The summed E-state index contributed by atoms with van der Waals surface area (Å²) in [6.45, 7) is 0. The van der Waals surface area contributed by atoms with Crippen LogP contribution in [-0.2, 0) is 6.42 Å². The van der Waals surface area contributed by atoms with E-state index in [9.17, 15) is 0 Å². The highest BCUT2D eigenvalue weighted by atomic mass is 16.3. The Morgan fingerprint density at radius 1 is 0.460 bits per heavy atom. The lowest BCUT2D eigenvalue weighted by Crippen LogP contribution is -2.01. The molecule has 2 nitrogen and oxygen atoms in total. The summed E-state index contributed by atoms with van der Waals surface area (Å²) in [7, 11) is 0. The molecule has 12 rings (SSSR count). The molecule has 0 spiro atoms. The quantitative estimate of drug-likeness (QED) is 0.185. The molecule has 0 bridgehead atoms. The average molecular weight is 636 g/mol. The Kier molecular flexibility index (Phi) is 5.11. The van der Waals surface area contributed by atoms with E-state index in [2.05, 4.69) is 150 Å². The molecule has 2 aliphatic carbocycles. The Bertz CT molecular complexity index is 3150. The minimum atomic E-state index is 0.930. The van der Waals surface area contributed by atoms with E-state index in [1.807, 2.05) is 6.07 Å². The molecule has 0 N–H and O–H groups in total. The first-order chi connectivity index (χ1) is 24.8. The molecule has 0 atom stereocenters. The van der Waals surface area contributed by atoms with E-state index in [1.54, 1.807) is 0 Å². The minimum Gasteiger partial charge on any atom is -0.456 e. The van der Waals surface area contributed by atoms with Gasteiger partial charge in [-0.1, -0.05) is 97.1 Å². The van der Waals surface area contributed by atoms with Gasteiger partial charge in [0.15, 0.2) is 0 Å². The summed E-state index contributed by atoms with van der Waals surface area (Å²) >= 11 is 0. The molecular formula is C48H29NO. The van der Waals surface area contributed by atoms with E-state index >= 15 is 0 Å². The van der Waals surface area contributed by atoms with Gasteiger partial charge in [-0.2, -0.15) is 0 Å². The van der Waals surface area contributed by atoms with Crippen LogP contribution in [0, 0.1) is 0 Å². The lowest BCUT2D eigenvalue weighted by molar-refractivity contribution is 0.669. The van der Waals surface area contributed by atoms with E-state index in [4.69, 9.17) is 4.42 Å². The molecule has 0 unspecified atom stereocenters. The number of nitrogens with zero attached hydrogens (tertiary/aromatic N) is 1. The van der Waals surface area contributed by atoms with Gasteiger partial charge in [-0.3, -0.25) is 0 Å². The van der Waals surface area contributed by atoms with Crippen LogP contribution in [0.15, 0.2) is 156 Å². The molecule has 8 aromatic carbocycles. The van der Waals surface area contributed by atoms with Gasteiger partial charge in [0, 0.05) is 27.2 Å². The molecule has 0 saturated carbocycles. The predicted octanol–water partition coefficient (Wildman–Crippen LogP) is 13.0. The summed E-state index contributed by atoms with van der Waals surface area (Å²) < 4.78 is 8.69. The van der Waals surface area contributed by atoms with Crippen molar-refractivity contribution < 1.29 is 4.42 Å². The maximum Gasteiger partial charge on any atom is 0.136 e. The standard InChI is InChI=1S/C48H29NO/c1-2-9-36-35(8-1)40-13-7-12-39-34(20-21-41(36)48(39)40)30-17-16-29-23-33(19-18-28(29)22-30)49-44-14-5-3-10-37(44)42-24-32-27-47-43(25-31(32)26-45(42)49)38-11-4-6-15-46(38)50-47/h1-6,8-11,13-27H,7,12H2. The first-order valence-corrected chi connectivity index (χ1v) is 17.6. The Balaban J connectivity index is 1.02. The molecule has 10 aromatic rings. The normalized spacial score (nSPS) is 13.6. The van der Waals surface area contributed by atoms with Crippen LogP contribution in [0.3, 0.4) is 0 Å². The zero-order chi connectivity index (χ0) is 32.5. The summed E-state index contributed by atoms with van der Waals surface area (Å²) in [5.41, 5.74) is 16.6. The maximum atomic E-state index is 6.26. The molecule has 0 aliphatic heterocycles. The number of para-hydroxylation sites is 2. The molecule has 0 fully saturated rings. The lowest BCUT2D eigenvalue weighted by Gasteiger charge is -2.20. The number of rotatable bonds is 2. The van der Waals surface area contributed by atoms with Crippen molar-refractivity contribution in [1.82, 2.24) is 4.57 Å². The number of hydrogen-bond acceptors (Lipinski definition) is 1. The number of fused-ring (bicyclic) bond motifs is 11. The Morgan fingerprint density at radius 3 is 2.18 bits per heavy atom. The molecule has 2 aliphatic rings. The van der Waals surface area contributed by atoms with Gasteiger partial charge in [-0.15, -0.1) is 0 Å². The molecule has 50 heavy (non-hydrogen) atoms. The van der Waals surface area contributed by atoms with Gasteiger partial charge in [-0.05, 0) is 134 Å². The van der Waals surface area contributed by atoms with Gasteiger partial charge in [0.1, 0.15) is 11.2 Å². The summed E-state index contributed by atoms with van der Waals surface area (Å²) in [4.78, 5) is 0. The summed E-state index contributed by atoms with van der Waals surface area (Å²) in [6.07, 6.45) is 4.61. The van der Waals surface area contributed by atoms with Crippen LogP contribution in [0.1, 0.15) is 23.1 Å². The smallest absolute Gasteiger partial charge is 0.136 e. The van der Waals surface area contributed by atoms with Crippen molar-refractivity contribution in [3.05, 3.63) is 168 Å². The monoisotopic (exact) mass is 635 g/mol. The molecule has 2 aromatic heterocycles. The predicted molar refractivity (Wildman–Crippen MR) is 209 cm³/mol. The third kappa shape index (κ3) is 3.52. The van der Waals surface area contributed by atoms with Gasteiger partial charge in [0.05, 0.1) is 11.0 Å². The number of allylic oxidation sites excluding steroid dienone is 1. The van der Waals surface area contributed by atoms with Crippen LogP contribution in [-0.4, -0.2) is 4.57 Å². The Hall–Kier alpha value is -6.38. The fourth-order valence-corrected chi connectivity index (χ4v) is 9.12. The molecular weight excluding hydrogens is 607 g/mol. The fraction of sp³-hybridized carbons (Fsp3) is 0.0417. The van der Waals surface area contributed by atoms with E-state index in [1.165, 1.54) is 93.6 Å². The summed E-state index contributed by atoms with van der Waals surface area (Å²) in [5, 5.41) is 9.73. The highest BCUT2D eigenvalue weighted by Gasteiger charge is 2.29. The van der Waals surface area contributed by atoms with Crippen LogP contribution in [0.4, 0.5) is 0 Å². The zero-order valence-electron chi connectivity index (χ0n) is 27.2. The van der Waals surface area contributed by atoms with Gasteiger partial charge in [-0.25, -0.2) is 0 Å². The van der Waals surface area contributed by atoms with Crippen LogP contribution >= 0.6 is 0 Å². The van der Waals surface area contributed by atoms with E-state index < -0.39 is 0 Å². The molecule has 0 amide bonds. The molecule has 2 heteroatoms. The minimum absolute atomic E-state index is 0.930. The van der Waals surface area contributed by atoms with Crippen LogP contribution < -0.4 is 0 Å². The van der Waals surface area contributed by atoms with Crippen molar-refractivity contribution in [3.63, 3.8) is 0 Å². The summed E-state index contributed by atoms with van der Waals surface area (Å²) in [5.74, 6) is 0. The van der Waals surface area contributed by atoms with E-state index in [-0.39, 0.29) is 0 Å². The number of furan rings is 1. The van der Waals surface area contributed by atoms with Crippen molar-refractivity contribution in [2.45, 2.75) is 12.8 Å². The molecule has 0 radical (unpaired) electrons. The highest BCUT2D eigenvalue weighted by molar-refractivity contribution is 6.17. The number of benzene rings is 8. The largest absolute Gasteiger partial charge is 0.456 e. The van der Waals surface area contributed by atoms with Crippen LogP contribution in [0.5, 0.6) is 0 Å². The van der Waals surface area contributed by atoms with Crippen molar-refractivity contribution in [2.75, 3.05) is 0 Å². The Morgan fingerprint density at radius 2 is 1.22 bits per heavy atom. The number of hydrogen-bond donors (Lipinski definition) is 0. The second-order valence-corrected chi connectivity index (χ2v) is 14.0. The SMILES string of the molecule is C1=C2c3ccccc3-c3ccc(-c4ccc5cc(-n6c7ccccc7c7cc8cc9oc%10ccccc%10c9cc8cc76)ccc5c4)c(c32)CC1.